The molecule has 1 aromatic heterocycles. The van der Waals surface area contributed by atoms with Crippen molar-refractivity contribution < 1.29 is 14.0 Å². The van der Waals surface area contributed by atoms with Crippen LogP contribution in [0.25, 0.3) is 0 Å². The Morgan fingerprint density at radius 1 is 1.30 bits per heavy atom. The van der Waals surface area contributed by atoms with Crippen molar-refractivity contribution in [2.45, 2.75) is 25.9 Å². The lowest BCUT2D eigenvalue weighted by atomic mass is 10.1. The zero-order chi connectivity index (χ0) is 19.4. The Morgan fingerprint density at radius 2 is 2.04 bits per heavy atom. The van der Waals surface area contributed by atoms with Crippen LogP contribution in [0.2, 0.25) is 0 Å². The van der Waals surface area contributed by atoms with Crippen LogP contribution in [0.5, 0.6) is 0 Å². The highest BCUT2D eigenvalue weighted by Crippen LogP contribution is 2.22. The van der Waals surface area contributed by atoms with E-state index >= 15 is 0 Å². The van der Waals surface area contributed by atoms with Crippen molar-refractivity contribution in [1.82, 2.24) is 15.1 Å². The van der Waals surface area contributed by atoms with Crippen LogP contribution in [0.1, 0.15) is 29.3 Å². The number of nitrogens with one attached hydrogen (secondary N) is 1. The van der Waals surface area contributed by atoms with Crippen molar-refractivity contribution in [1.29, 1.82) is 0 Å². The number of rotatable bonds is 7. The fraction of sp³-hybridized carbons (Fsp3) is 0.429. The van der Waals surface area contributed by atoms with Gasteiger partial charge in [0.15, 0.2) is 0 Å². The number of furan rings is 1. The largest absolute Gasteiger partial charge is 0.468 e. The van der Waals surface area contributed by atoms with Crippen molar-refractivity contribution in [3.05, 3.63) is 59.5 Å². The molecule has 1 aromatic carbocycles. The van der Waals surface area contributed by atoms with Gasteiger partial charge in [0.2, 0.25) is 11.8 Å². The summed E-state index contributed by atoms with van der Waals surface area (Å²) in [7, 11) is 3.89. The van der Waals surface area contributed by atoms with Gasteiger partial charge in [-0.05, 0) is 38.7 Å². The fourth-order valence-electron chi connectivity index (χ4n) is 3.37. The monoisotopic (exact) mass is 369 g/mol. The average Bonchev–Trinajstić information content (AvgIpc) is 3.27. The summed E-state index contributed by atoms with van der Waals surface area (Å²) >= 11 is 0. The first kappa shape index (κ1) is 19.2. The van der Waals surface area contributed by atoms with E-state index in [1.165, 1.54) is 5.56 Å². The lowest BCUT2D eigenvalue weighted by Crippen LogP contribution is -2.38. The van der Waals surface area contributed by atoms with Gasteiger partial charge in [-0.25, -0.2) is 0 Å². The molecule has 2 amide bonds. The predicted molar refractivity (Wildman–Crippen MR) is 103 cm³/mol. The SMILES string of the molecule is Cc1ccc(CN2C[C@H](C(=O)NC[C@@H](c3ccco3)N(C)C)CC2=O)cc1. The normalized spacial score (nSPS) is 18.1. The Hall–Kier alpha value is -2.60. The summed E-state index contributed by atoms with van der Waals surface area (Å²) in [5.41, 5.74) is 2.27. The summed E-state index contributed by atoms with van der Waals surface area (Å²) in [4.78, 5) is 28.7. The molecule has 2 atom stereocenters. The highest BCUT2D eigenvalue weighted by Gasteiger charge is 2.34. The molecule has 1 aliphatic rings. The van der Waals surface area contributed by atoms with Crippen LogP contribution in [0, 0.1) is 12.8 Å². The Morgan fingerprint density at radius 3 is 2.67 bits per heavy atom. The standard InChI is InChI=1S/C21H27N3O3/c1-15-6-8-16(9-7-15)13-24-14-17(11-20(24)25)21(26)22-12-18(23(2)3)19-5-4-10-27-19/h4-10,17-18H,11-14H2,1-3H3,(H,22,26)/t17-,18+/m1/s1. The second-order valence-corrected chi connectivity index (χ2v) is 7.40. The molecule has 0 spiro atoms. The number of likely N-dealkylation sites (N-methyl/N-ethyl adjacent to an activating group) is 1. The van der Waals surface area contributed by atoms with Crippen LogP contribution in [0.4, 0.5) is 0 Å². The number of nitrogens with zero attached hydrogens (tertiary/aromatic N) is 2. The third-order valence-corrected chi connectivity index (χ3v) is 5.04. The van der Waals surface area contributed by atoms with Gasteiger partial charge in [0.25, 0.3) is 0 Å². The minimum Gasteiger partial charge on any atom is -0.468 e. The number of hydrogen-bond donors (Lipinski definition) is 1. The van der Waals surface area contributed by atoms with Crippen LogP contribution in [0.3, 0.4) is 0 Å². The average molecular weight is 369 g/mol. The number of aryl methyl sites for hydroxylation is 1. The van der Waals surface area contributed by atoms with Gasteiger partial charge in [0.05, 0.1) is 18.2 Å². The van der Waals surface area contributed by atoms with Crippen LogP contribution in [-0.4, -0.2) is 48.8 Å². The van der Waals surface area contributed by atoms with Gasteiger partial charge in [0.1, 0.15) is 5.76 Å². The van der Waals surface area contributed by atoms with E-state index in [2.05, 4.69) is 5.32 Å². The van der Waals surface area contributed by atoms with Crippen molar-refractivity contribution in [3.63, 3.8) is 0 Å². The van der Waals surface area contributed by atoms with Gasteiger partial charge in [-0.1, -0.05) is 29.8 Å². The Bertz CT molecular complexity index is 768. The fourth-order valence-corrected chi connectivity index (χ4v) is 3.37. The van der Waals surface area contributed by atoms with Gasteiger partial charge < -0.3 is 14.6 Å². The topological polar surface area (TPSA) is 65.8 Å². The van der Waals surface area contributed by atoms with Crippen LogP contribution in [0.15, 0.2) is 47.1 Å². The molecule has 0 unspecified atom stereocenters. The third-order valence-electron chi connectivity index (χ3n) is 5.04. The van der Waals surface area contributed by atoms with Gasteiger partial charge in [0, 0.05) is 26.1 Å². The van der Waals surface area contributed by atoms with E-state index in [1.54, 1.807) is 11.2 Å². The summed E-state index contributed by atoms with van der Waals surface area (Å²) < 4.78 is 5.47. The van der Waals surface area contributed by atoms with Crippen LogP contribution < -0.4 is 5.32 Å². The molecule has 27 heavy (non-hydrogen) atoms. The molecule has 1 saturated heterocycles. The molecule has 1 fully saturated rings. The summed E-state index contributed by atoms with van der Waals surface area (Å²) in [6.45, 7) is 3.50. The van der Waals surface area contributed by atoms with Gasteiger partial charge >= 0.3 is 0 Å². The maximum atomic E-state index is 12.6. The zero-order valence-electron chi connectivity index (χ0n) is 16.1. The summed E-state index contributed by atoms with van der Waals surface area (Å²) in [5.74, 6) is 0.463. The number of benzene rings is 1. The molecule has 0 bridgehead atoms. The minimum absolute atomic E-state index is 0.0333. The lowest BCUT2D eigenvalue weighted by Gasteiger charge is -2.23. The summed E-state index contributed by atoms with van der Waals surface area (Å²) in [5, 5.41) is 2.99. The van der Waals surface area contributed by atoms with E-state index in [0.717, 1.165) is 11.3 Å². The second kappa shape index (κ2) is 8.39. The first-order chi connectivity index (χ1) is 12.9. The Balaban J connectivity index is 1.54. The first-order valence-corrected chi connectivity index (χ1v) is 9.25. The van der Waals surface area contributed by atoms with E-state index in [4.69, 9.17) is 4.42 Å². The van der Waals surface area contributed by atoms with Gasteiger partial charge in [-0.3, -0.25) is 14.5 Å². The summed E-state index contributed by atoms with van der Waals surface area (Å²) in [6.07, 6.45) is 1.90. The molecule has 1 N–H and O–H groups in total. The molecule has 6 heteroatoms. The highest BCUT2D eigenvalue weighted by atomic mass is 16.3. The maximum Gasteiger partial charge on any atom is 0.225 e. The van der Waals surface area contributed by atoms with E-state index < -0.39 is 0 Å². The molecule has 2 heterocycles. The number of hydrogen-bond acceptors (Lipinski definition) is 4. The lowest BCUT2D eigenvalue weighted by molar-refractivity contribution is -0.129. The van der Waals surface area contributed by atoms with Crippen LogP contribution in [-0.2, 0) is 16.1 Å². The number of carbonyl (C=O) groups excluding carboxylic acids is 2. The molecule has 0 saturated carbocycles. The molecule has 3 rings (SSSR count). The van der Waals surface area contributed by atoms with E-state index in [1.807, 2.05) is 62.3 Å². The molecular weight excluding hydrogens is 342 g/mol. The Labute approximate surface area is 160 Å². The molecular formula is C21H27N3O3. The third kappa shape index (κ3) is 4.77. The summed E-state index contributed by atoms with van der Waals surface area (Å²) in [6, 6.07) is 11.8. The first-order valence-electron chi connectivity index (χ1n) is 9.25. The molecule has 6 nitrogen and oxygen atoms in total. The molecule has 0 aliphatic carbocycles. The smallest absolute Gasteiger partial charge is 0.225 e. The predicted octanol–water partition coefficient (Wildman–Crippen LogP) is 2.36. The van der Waals surface area contributed by atoms with Crippen molar-refractivity contribution in [2.75, 3.05) is 27.2 Å². The number of carbonyl (C=O) groups is 2. The maximum absolute atomic E-state index is 12.6. The zero-order valence-corrected chi connectivity index (χ0v) is 16.1. The molecule has 2 aromatic rings. The number of amides is 2. The second-order valence-electron chi connectivity index (χ2n) is 7.40. The van der Waals surface area contributed by atoms with Crippen molar-refractivity contribution >= 4 is 11.8 Å². The minimum atomic E-state index is -0.303. The van der Waals surface area contributed by atoms with Crippen molar-refractivity contribution in [2.24, 2.45) is 5.92 Å². The van der Waals surface area contributed by atoms with E-state index in [9.17, 15) is 9.59 Å². The van der Waals surface area contributed by atoms with Crippen LogP contribution >= 0.6 is 0 Å². The molecule has 1 aliphatic heterocycles. The molecule has 144 valence electrons. The number of likely N-dealkylation sites (tertiary alicyclic amines) is 1. The highest BCUT2D eigenvalue weighted by molar-refractivity contribution is 5.89. The van der Waals surface area contributed by atoms with Crippen molar-refractivity contribution in [3.8, 4) is 0 Å². The Kier molecular flexibility index (Phi) is 5.96. The quantitative estimate of drug-likeness (QED) is 0.814. The van der Waals surface area contributed by atoms with E-state index in [0.29, 0.717) is 19.6 Å². The van der Waals surface area contributed by atoms with Gasteiger partial charge in [-0.2, -0.15) is 0 Å². The van der Waals surface area contributed by atoms with E-state index in [-0.39, 0.29) is 30.2 Å². The van der Waals surface area contributed by atoms with Gasteiger partial charge in [-0.15, -0.1) is 0 Å². The molecule has 0 radical (unpaired) electrons.